The number of amides is 2. The lowest BCUT2D eigenvalue weighted by atomic mass is 10.0. The van der Waals surface area contributed by atoms with Crippen molar-refractivity contribution in [2.45, 2.75) is 32.4 Å². The molecule has 0 aliphatic heterocycles. The summed E-state index contributed by atoms with van der Waals surface area (Å²) in [6.45, 7) is 3.56. The molecule has 0 aromatic carbocycles. The number of carboxylic acids is 1. The zero-order valence-electron chi connectivity index (χ0n) is 9.78. The van der Waals surface area contributed by atoms with Crippen LogP contribution in [0.3, 0.4) is 0 Å². The van der Waals surface area contributed by atoms with Gasteiger partial charge in [-0.1, -0.05) is 0 Å². The molecular formula is C10H16N4O3. The average Bonchev–Trinajstić information content (AvgIpc) is 2.63. The van der Waals surface area contributed by atoms with E-state index in [-0.39, 0.29) is 13.0 Å². The van der Waals surface area contributed by atoms with Gasteiger partial charge in [0.1, 0.15) is 5.82 Å². The molecule has 2 amide bonds. The van der Waals surface area contributed by atoms with E-state index < -0.39 is 17.5 Å². The molecule has 1 aromatic rings. The summed E-state index contributed by atoms with van der Waals surface area (Å²) in [4.78, 5) is 28.8. The molecule has 0 saturated carbocycles. The van der Waals surface area contributed by atoms with Gasteiger partial charge >= 0.3 is 12.0 Å². The molecule has 0 spiro atoms. The highest BCUT2D eigenvalue weighted by Crippen LogP contribution is 2.07. The zero-order chi connectivity index (χ0) is 12.9. The summed E-state index contributed by atoms with van der Waals surface area (Å²) in [7, 11) is 0. The lowest BCUT2D eigenvalue weighted by molar-refractivity contribution is -0.138. The Morgan fingerprint density at radius 2 is 2.24 bits per heavy atom. The molecule has 17 heavy (non-hydrogen) atoms. The number of nitrogens with one attached hydrogen (secondary N) is 3. The fraction of sp³-hybridized carbons (Fsp3) is 0.500. The van der Waals surface area contributed by atoms with Gasteiger partial charge in [-0.05, 0) is 13.8 Å². The Bertz CT molecular complexity index is 386. The quantitative estimate of drug-likeness (QED) is 0.599. The topological polar surface area (TPSA) is 107 Å². The number of aromatic nitrogens is 2. The lowest BCUT2D eigenvalue weighted by Gasteiger charge is -2.24. The Morgan fingerprint density at radius 3 is 2.76 bits per heavy atom. The van der Waals surface area contributed by atoms with Gasteiger partial charge in [0.2, 0.25) is 0 Å². The molecular weight excluding hydrogens is 224 g/mol. The summed E-state index contributed by atoms with van der Waals surface area (Å²) < 4.78 is 0. The summed E-state index contributed by atoms with van der Waals surface area (Å²) in [5, 5.41) is 13.8. The van der Waals surface area contributed by atoms with E-state index in [1.807, 2.05) is 0 Å². The van der Waals surface area contributed by atoms with Crippen molar-refractivity contribution in [3.05, 3.63) is 18.2 Å². The highest BCUT2D eigenvalue weighted by molar-refractivity contribution is 5.76. The van der Waals surface area contributed by atoms with Gasteiger partial charge in [-0.2, -0.15) is 0 Å². The van der Waals surface area contributed by atoms with E-state index in [0.717, 1.165) is 0 Å². The van der Waals surface area contributed by atoms with Crippen LogP contribution in [0.1, 0.15) is 26.1 Å². The van der Waals surface area contributed by atoms with Gasteiger partial charge < -0.3 is 20.7 Å². The van der Waals surface area contributed by atoms with Gasteiger partial charge in [-0.15, -0.1) is 0 Å². The van der Waals surface area contributed by atoms with E-state index >= 15 is 0 Å². The second-order valence-corrected chi connectivity index (χ2v) is 4.30. The number of aromatic amines is 1. The summed E-state index contributed by atoms with van der Waals surface area (Å²) >= 11 is 0. The van der Waals surface area contributed by atoms with Gasteiger partial charge in [0.05, 0.1) is 13.0 Å². The van der Waals surface area contributed by atoms with E-state index in [0.29, 0.717) is 5.82 Å². The highest BCUT2D eigenvalue weighted by atomic mass is 16.4. The Morgan fingerprint density at radius 1 is 1.53 bits per heavy atom. The first-order valence-corrected chi connectivity index (χ1v) is 5.15. The molecule has 0 aliphatic carbocycles. The monoisotopic (exact) mass is 240 g/mol. The molecule has 0 unspecified atom stereocenters. The van der Waals surface area contributed by atoms with E-state index in [9.17, 15) is 9.59 Å². The maximum Gasteiger partial charge on any atom is 0.315 e. The molecule has 1 rings (SSSR count). The van der Waals surface area contributed by atoms with Crippen LogP contribution in [-0.4, -0.2) is 32.6 Å². The fourth-order valence-electron chi connectivity index (χ4n) is 1.33. The van der Waals surface area contributed by atoms with E-state index in [2.05, 4.69) is 20.6 Å². The summed E-state index contributed by atoms with van der Waals surface area (Å²) in [5.41, 5.74) is -0.793. The van der Waals surface area contributed by atoms with Crippen LogP contribution >= 0.6 is 0 Å². The third kappa shape index (κ3) is 5.01. The molecule has 0 fully saturated rings. The molecule has 0 atom stereocenters. The molecule has 7 heteroatoms. The average molecular weight is 240 g/mol. The van der Waals surface area contributed by atoms with Crippen LogP contribution in [0.25, 0.3) is 0 Å². The number of carbonyl (C=O) groups is 2. The predicted octanol–water partition coefficient (Wildman–Crippen LogP) is 0.462. The fourth-order valence-corrected chi connectivity index (χ4v) is 1.33. The summed E-state index contributed by atoms with van der Waals surface area (Å²) in [5.74, 6) is -0.322. The van der Waals surface area contributed by atoms with Crippen molar-refractivity contribution in [2.24, 2.45) is 0 Å². The lowest BCUT2D eigenvalue weighted by Crippen LogP contribution is -2.49. The van der Waals surface area contributed by atoms with Gasteiger partial charge in [0.15, 0.2) is 0 Å². The molecule has 0 radical (unpaired) electrons. The Hall–Kier alpha value is -2.05. The molecule has 1 heterocycles. The van der Waals surface area contributed by atoms with Gasteiger partial charge in [-0.3, -0.25) is 4.79 Å². The number of urea groups is 1. The minimum Gasteiger partial charge on any atom is -0.481 e. The largest absolute Gasteiger partial charge is 0.481 e. The van der Waals surface area contributed by atoms with Crippen LogP contribution in [-0.2, 0) is 11.3 Å². The van der Waals surface area contributed by atoms with Crippen LogP contribution < -0.4 is 10.6 Å². The highest BCUT2D eigenvalue weighted by Gasteiger charge is 2.23. The Kier molecular flexibility index (Phi) is 4.08. The van der Waals surface area contributed by atoms with E-state index in [4.69, 9.17) is 5.11 Å². The Balaban J connectivity index is 2.36. The first-order chi connectivity index (χ1) is 7.89. The number of carboxylic acid groups (broad SMARTS) is 1. The van der Waals surface area contributed by atoms with E-state index in [1.54, 1.807) is 26.2 Å². The maximum atomic E-state index is 11.5. The van der Waals surface area contributed by atoms with Gasteiger partial charge in [0, 0.05) is 17.9 Å². The van der Waals surface area contributed by atoms with Crippen molar-refractivity contribution in [3.8, 4) is 0 Å². The number of hydrogen-bond donors (Lipinski definition) is 4. The second kappa shape index (κ2) is 5.33. The molecule has 94 valence electrons. The number of carbonyl (C=O) groups excluding carboxylic acids is 1. The first kappa shape index (κ1) is 13.0. The first-order valence-electron chi connectivity index (χ1n) is 5.15. The van der Waals surface area contributed by atoms with Crippen molar-refractivity contribution < 1.29 is 14.7 Å². The molecule has 0 bridgehead atoms. The van der Waals surface area contributed by atoms with Crippen LogP contribution in [0.5, 0.6) is 0 Å². The minimum atomic E-state index is -0.957. The van der Waals surface area contributed by atoms with Crippen molar-refractivity contribution in [1.82, 2.24) is 20.6 Å². The predicted molar refractivity (Wildman–Crippen MR) is 60.3 cm³/mol. The van der Waals surface area contributed by atoms with Crippen molar-refractivity contribution >= 4 is 12.0 Å². The van der Waals surface area contributed by atoms with Gasteiger partial charge in [-0.25, -0.2) is 9.78 Å². The smallest absolute Gasteiger partial charge is 0.315 e. The van der Waals surface area contributed by atoms with Gasteiger partial charge in [0.25, 0.3) is 0 Å². The number of aliphatic carboxylic acids is 1. The number of hydrogen-bond acceptors (Lipinski definition) is 3. The third-order valence-electron chi connectivity index (χ3n) is 2.02. The summed E-state index contributed by atoms with van der Waals surface area (Å²) in [6, 6.07) is -0.423. The Labute approximate surface area is 98.6 Å². The molecule has 1 aromatic heterocycles. The van der Waals surface area contributed by atoms with Crippen LogP contribution in [0.2, 0.25) is 0 Å². The SMILES string of the molecule is CC(C)(CC(=O)O)NC(=O)NCc1ncc[nH]1. The number of H-pyrrole nitrogens is 1. The second-order valence-electron chi connectivity index (χ2n) is 4.30. The molecule has 7 nitrogen and oxygen atoms in total. The minimum absolute atomic E-state index is 0.138. The number of rotatable bonds is 5. The summed E-state index contributed by atoms with van der Waals surface area (Å²) in [6.07, 6.45) is 3.10. The van der Waals surface area contributed by atoms with Crippen LogP contribution in [0.15, 0.2) is 12.4 Å². The zero-order valence-corrected chi connectivity index (χ0v) is 9.78. The molecule has 4 N–H and O–H groups in total. The van der Waals surface area contributed by atoms with E-state index in [1.165, 1.54) is 0 Å². The van der Waals surface area contributed by atoms with Crippen LogP contribution in [0.4, 0.5) is 4.79 Å². The van der Waals surface area contributed by atoms with Crippen molar-refractivity contribution in [3.63, 3.8) is 0 Å². The molecule has 0 saturated heterocycles. The van der Waals surface area contributed by atoms with Crippen molar-refractivity contribution in [2.75, 3.05) is 0 Å². The van der Waals surface area contributed by atoms with Crippen LogP contribution in [0, 0.1) is 0 Å². The number of imidazole rings is 1. The third-order valence-corrected chi connectivity index (χ3v) is 2.02. The molecule has 0 aliphatic rings. The standard InChI is InChI=1S/C10H16N4O3/c1-10(2,5-8(15)16)14-9(17)13-6-7-11-3-4-12-7/h3-4H,5-6H2,1-2H3,(H,11,12)(H,15,16)(H2,13,14,17). The normalized spacial score (nSPS) is 10.9. The number of nitrogens with zero attached hydrogens (tertiary/aromatic N) is 1. The maximum absolute atomic E-state index is 11.5. The van der Waals surface area contributed by atoms with Crippen molar-refractivity contribution in [1.29, 1.82) is 0 Å².